The molecule has 0 aliphatic carbocycles. The number of hydrogen-bond donors (Lipinski definition) is 1. The Labute approximate surface area is 154 Å². The molecule has 0 spiro atoms. The van der Waals surface area contributed by atoms with Gasteiger partial charge in [0.2, 0.25) is 11.0 Å². The minimum Gasteiger partial charge on any atom is -0.350 e. The summed E-state index contributed by atoms with van der Waals surface area (Å²) in [5.41, 5.74) is 1.93. The number of anilines is 1. The second-order valence-electron chi connectivity index (χ2n) is 5.78. The predicted molar refractivity (Wildman–Crippen MR) is 98.5 cm³/mol. The van der Waals surface area contributed by atoms with Gasteiger partial charge in [-0.2, -0.15) is 4.37 Å². The summed E-state index contributed by atoms with van der Waals surface area (Å²) in [7, 11) is 1.80. The zero-order valence-corrected chi connectivity index (χ0v) is 15.0. The molecule has 0 bridgehead atoms. The number of carbonyl (C=O) groups is 1. The largest absolute Gasteiger partial charge is 0.350 e. The van der Waals surface area contributed by atoms with Gasteiger partial charge in [-0.25, -0.2) is 9.37 Å². The Balaban J connectivity index is 1.51. The molecule has 1 N–H and O–H groups in total. The molecule has 2 aromatic heterocycles. The second kappa shape index (κ2) is 8.48. The van der Waals surface area contributed by atoms with Crippen LogP contribution >= 0.6 is 11.5 Å². The average molecular weight is 371 g/mol. The first-order chi connectivity index (χ1) is 12.6. The Morgan fingerprint density at radius 2 is 1.88 bits per heavy atom. The summed E-state index contributed by atoms with van der Waals surface area (Å²) in [6.45, 7) is 0.650. The number of rotatable bonds is 7. The highest BCUT2D eigenvalue weighted by Gasteiger charge is 2.12. The summed E-state index contributed by atoms with van der Waals surface area (Å²) >= 11 is 1.24. The molecule has 0 aliphatic heterocycles. The van der Waals surface area contributed by atoms with E-state index in [2.05, 4.69) is 19.7 Å². The maximum atomic E-state index is 13.0. The van der Waals surface area contributed by atoms with Crippen molar-refractivity contribution >= 4 is 22.6 Å². The van der Waals surface area contributed by atoms with Gasteiger partial charge < -0.3 is 10.2 Å². The standard InChI is InChI=1S/C18H18FN5OS/c1-24(12-17(25)21-11-14-6-8-20-9-7-14)18-22-16(23-26-18)10-13-2-4-15(19)5-3-13/h2-9H,10-12H2,1H3,(H,21,25). The summed E-state index contributed by atoms with van der Waals surface area (Å²) in [6, 6.07) is 9.98. The van der Waals surface area contributed by atoms with E-state index in [1.165, 1.54) is 23.7 Å². The van der Waals surface area contributed by atoms with E-state index in [0.29, 0.717) is 23.9 Å². The van der Waals surface area contributed by atoms with E-state index in [0.717, 1.165) is 11.1 Å². The van der Waals surface area contributed by atoms with E-state index in [9.17, 15) is 9.18 Å². The molecule has 0 radical (unpaired) electrons. The van der Waals surface area contributed by atoms with Crippen molar-refractivity contribution in [3.8, 4) is 0 Å². The third-order valence-corrected chi connectivity index (χ3v) is 4.55. The molecule has 1 aromatic carbocycles. The SMILES string of the molecule is CN(CC(=O)NCc1ccncc1)c1nc(Cc2ccc(F)cc2)ns1. The monoisotopic (exact) mass is 371 g/mol. The molecular weight excluding hydrogens is 353 g/mol. The first-order valence-electron chi connectivity index (χ1n) is 8.04. The molecule has 1 amide bonds. The minimum atomic E-state index is -0.266. The Kier molecular flexibility index (Phi) is 5.85. The topological polar surface area (TPSA) is 71.0 Å². The summed E-state index contributed by atoms with van der Waals surface area (Å²) < 4.78 is 17.3. The van der Waals surface area contributed by atoms with Crippen molar-refractivity contribution < 1.29 is 9.18 Å². The van der Waals surface area contributed by atoms with Crippen LogP contribution in [0.15, 0.2) is 48.8 Å². The second-order valence-corrected chi connectivity index (χ2v) is 6.51. The molecule has 26 heavy (non-hydrogen) atoms. The number of nitrogens with zero attached hydrogens (tertiary/aromatic N) is 4. The third-order valence-electron chi connectivity index (χ3n) is 3.68. The van der Waals surface area contributed by atoms with Gasteiger partial charge in [-0.3, -0.25) is 9.78 Å². The number of benzene rings is 1. The number of hydrogen-bond acceptors (Lipinski definition) is 6. The molecule has 0 atom stereocenters. The van der Waals surface area contributed by atoms with Gasteiger partial charge in [-0.05, 0) is 35.4 Å². The smallest absolute Gasteiger partial charge is 0.239 e. The van der Waals surface area contributed by atoms with Gasteiger partial charge in [0.25, 0.3) is 0 Å². The fraction of sp³-hybridized carbons (Fsp3) is 0.222. The first-order valence-corrected chi connectivity index (χ1v) is 8.81. The normalized spacial score (nSPS) is 10.5. The van der Waals surface area contributed by atoms with Gasteiger partial charge in [0.15, 0.2) is 0 Å². The van der Waals surface area contributed by atoms with Gasteiger partial charge >= 0.3 is 0 Å². The highest BCUT2D eigenvalue weighted by molar-refractivity contribution is 7.09. The van der Waals surface area contributed by atoms with E-state index >= 15 is 0 Å². The van der Waals surface area contributed by atoms with E-state index in [1.807, 2.05) is 12.1 Å². The lowest BCUT2D eigenvalue weighted by atomic mass is 10.1. The number of nitrogens with one attached hydrogen (secondary N) is 1. The van der Waals surface area contributed by atoms with Gasteiger partial charge in [-0.15, -0.1) is 0 Å². The molecule has 0 fully saturated rings. The molecule has 6 nitrogen and oxygen atoms in total. The van der Waals surface area contributed by atoms with Crippen LogP contribution in [-0.4, -0.2) is 33.8 Å². The lowest BCUT2D eigenvalue weighted by Crippen LogP contribution is -2.34. The Bertz CT molecular complexity index is 854. The van der Waals surface area contributed by atoms with Gasteiger partial charge in [0, 0.05) is 43.9 Å². The van der Waals surface area contributed by atoms with Crippen LogP contribution in [0.4, 0.5) is 9.52 Å². The van der Waals surface area contributed by atoms with Crippen LogP contribution in [0.25, 0.3) is 0 Å². The van der Waals surface area contributed by atoms with E-state index in [4.69, 9.17) is 0 Å². The van der Waals surface area contributed by atoms with Crippen LogP contribution in [0.3, 0.4) is 0 Å². The number of halogens is 1. The molecule has 0 aliphatic rings. The van der Waals surface area contributed by atoms with Crippen LogP contribution in [0.5, 0.6) is 0 Å². The van der Waals surface area contributed by atoms with Crippen molar-refractivity contribution in [3.05, 3.63) is 71.6 Å². The molecule has 0 unspecified atom stereocenters. The van der Waals surface area contributed by atoms with Crippen molar-refractivity contribution in [2.24, 2.45) is 0 Å². The van der Waals surface area contributed by atoms with Gasteiger partial charge in [-0.1, -0.05) is 12.1 Å². The Hall–Kier alpha value is -2.87. The van der Waals surface area contributed by atoms with Crippen molar-refractivity contribution in [2.75, 3.05) is 18.5 Å². The maximum absolute atomic E-state index is 13.0. The van der Waals surface area contributed by atoms with E-state index < -0.39 is 0 Å². The number of amides is 1. The fourth-order valence-corrected chi connectivity index (χ4v) is 2.94. The number of carbonyl (C=O) groups excluding carboxylic acids is 1. The van der Waals surface area contributed by atoms with Crippen LogP contribution in [0, 0.1) is 5.82 Å². The molecule has 0 saturated carbocycles. The number of pyridine rings is 1. The van der Waals surface area contributed by atoms with Gasteiger partial charge in [0.1, 0.15) is 11.6 Å². The van der Waals surface area contributed by atoms with Gasteiger partial charge in [0.05, 0.1) is 6.54 Å². The lowest BCUT2D eigenvalue weighted by molar-refractivity contribution is -0.119. The lowest BCUT2D eigenvalue weighted by Gasteiger charge is -2.14. The number of aromatic nitrogens is 3. The zero-order valence-electron chi connectivity index (χ0n) is 14.2. The molecular formula is C18H18FN5OS. The summed E-state index contributed by atoms with van der Waals surface area (Å²) in [6.07, 6.45) is 3.91. The van der Waals surface area contributed by atoms with E-state index in [-0.39, 0.29) is 18.3 Å². The van der Waals surface area contributed by atoms with Crippen LogP contribution in [0.2, 0.25) is 0 Å². The third kappa shape index (κ3) is 5.06. The summed E-state index contributed by atoms with van der Waals surface area (Å²) in [5, 5.41) is 3.53. The van der Waals surface area contributed by atoms with Crippen LogP contribution in [-0.2, 0) is 17.8 Å². The van der Waals surface area contributed by atoms with E-state index in [1.54, 1.807) is 36.5 Å². The Morgan fingerprint density at radius 3 is 2.62 bits per heavy atom. The van der Waals surface area contributed by atoms with Crippen molar-refractivity contribution in [1.29, 1.82) is 0 Å². The Morgan fingerprint density at radius 1 is 1.15 bits per heavy atom. The minimum absolute atomic E-state index is 0.0976. The highest BCUT2D eigenvalue weighted by atomic mass is 32.1. The molecule has 0 saturated heterocycles. The highest BCUT2D eigenvalue weighted by Crippen LogP contribution is 2.17. The van der Waals surface area contributed by atoms with Crippen LogP contribution < -0.4 is 10.2 Å². The molecule has 134 valence electrons. The number of likely N-dealkylation sites (N-methyl/N-ethyl adjacent to an activating group) is 1. The molecule has 8 heteroatoms. The molecule has 3 rings (SSSR count). The average Bonchev–Trinajstić information content (AvgIpc) is 3.11. The fourth-order valence-electron chi connectivity index (χ4n) is 2.30. The zero-order chi connectivity index (χ0) is 18.4. The van der Waals surface area contributed by atoms with Crippen LogP contribution in [0.1, 0.15) is 17.0 Å². The van der Waals surface area contributed by atoms with Crippen molar-refractivity contribution in [1.82, 2.24) is 19.7 Å². The molecule has 2 heterocycles. The predicted octanol–water partition coefficient (Wildman–Crippen LogP) is 2.42. The van der Waals surface area contributed by atoms with Crippen molar-refractivity contribution in [3.63, 3.8) is 0 Å². The summed E-state index contributed by atoms with van der Waals surface area (Å²) in [5.74, 6) is 0.290. The quantitative estimate of drug-likeness (QED) is 0.691. The summed E-state index contributed by atoms with van der Waals surface area (Å²) in [4.78, 5) is 22.2. The first kappa shape index (κ1) is 17.9. The molecule has 3 aromatic rings. The maximum Gasteiger partial charge on any atom is 0.239 e. The van der Waals surface area contributed by atoms with Crippen molar-refractivity contribution in [2.45, 2.75) is 13.0 Å².